The van der Waals surface area contributed by atoms with E-state index in [4.69, 9.17) is 5.73 Å². The first-order chi connectivity index (χ1) is 8.64. The molecular weight excluding hydrogens is 222 g/mol. The number of likely N-dealkylation sites (tertiary alicyclic amines) is 1. The maximum Gasteiger partial charge on any atom is 0.0359 e. The quantitative estimate of drug-likeness (QED) is 0.831. The van der Waals surface area contributed by atoms with Crippen molar-refractivity contribution in [1.29, 1.82) is 0 Å². The van der Waals surface area contributed by atoms with Crippen molar-refractivity contribution in [2.45, 2.75) is 57.0 Å². The van der Waals surface area contributed by atoms with Crippen LogP contribution in [-0.2, 0) is 0 Å². The van der Waals surface area contributed by atoms with Crippen LogP contribution in [0.3, 0.4) is 0 Å². The number of hydrogen-bond acceptors (Lipinski definition) is 3. The summed E-state index contributed by atoms with van der Waals surface area (Å²) in [4.78, 5) is 5.13. The van der Waals surface area contributed by atoms with Crippen molar-refractivity contribution in [2.24, 2.45) is 11.7 Å². The molecule has 1 heterocycles. The average Bonchev–Trinajstić information content (AvgIpc) is 2.82. The zero-order valence-corrected chi connectivity index (χ0v) is 12.5. The summed E-state index contributed by atoms with van der Waals surface area (Å²) in [5.74, 6) is 0.812. The van der Waals surface area contributed by atoms with Gasteiger partial charge in [-0.05, 0) is 58.8 Å². The molecule has 0 aromatic carbocycles. The fraction of sp³-hybridized carbons (Fsp3) is 1.00. The van der Waals surface area contributed by atoms with E-state index < -0.39 is 0 Å². The van der Waals surface area contributed by atoms with Crippen molar-refractivity contribution in [3.8, 4) is 0 Å². The Kier molecular flexibility index (Phi) is 4.68. The normalized spacial score (nSPS) is 35.5. The minimum Gasteiger partial charge on any atom is -0.329 e. The molecule has 0 amide bonds. The van der Waals surface area contributed by atoms with Gasteiger partial charge in [0, 0.05) is 18.1 Å². The van der Waals surface area contributed by atoms with E-state index in [9.17, 15) is 0 Å². The van der Waals surface area contributed by atoms with Crippen LogP contribution < -0.4 is 5.73 Å². The third kappa shape index (κ3) is 2.45. The highest BCUT2D eigenvalue weighted by atomic mass is 15.2. The van der Waals surface area contributed by atoms with Crippen LogP contribution in [0.25, 0.3) is 0 Å². The van der Waals surface area contributed by atoms with E-state index in [2.05, 4.69) is 30.8 Å². The summed E-state index contributed by atoms with van der Waals surface area (Å²) in [7, 11) is 4.58. The predicted octanol–water partition coefficient (Wildman–Crippen LogP) is 1.92. The number of piperidine rings is 1. The number of nitrogens with two attached hydrogens (primary N) is 1. The van der Waals surface area contributed by atoms with Gasteiger partial charge in [0.1, 0.15) is 0 Å². The molecule has 1 saturated heterocycles. The van der Waals surface area contributed by atoms with Crippen molar-refractivity contribution in [3.63, 3.8) is 0 Å². The van der Waals surface area contributed by atoms with Crippen molar-refractivity contribution in [3.05, 3.63) is 0 Å². The lowest BCUT2D eigenvalue weighted by atomic mass is 9.81. The summed E-state index contributed by atoms with van der Waals surface area (Å²) < 4.78 is 0. The Hall–Kier alpha value is -0.120. The Morgan fingerprint density at radius 2 is 1.94 bits per heavy atom. The SMILES string of the molecule is CCC1CCCC1(CN)N(C)C1CCN(C)CC1. The van der Waals surface area contributed by atoms with E-state index in [1.54, 1.807) is 0 Å². The van der Waals surface area contributed by atoms with Gasteiger partial charge in [-0.2, -0.15) is 0 Å². The first-order valence-electron chi connectivity index (χ1n) is 7.75. The van der Waals surface area contributed by atoms with Crippen molar-refractivity contribution in [1.82, 2.24) is 9.80 Å². The first kappa shape index (κ1) is 14.3. The first-order valence-corrected chi connectivity index (χ1v) is 7.75. The molecule has 2 N–H and O–H groups in total. The molecule has 1 aliphatic carbocycles. The van der Waals surface area contributed by atoms with Gasteiger partial charge in [0.2, 0.25) is 0 Å². The van der Waals surface area contributed by atoms with Crippen molar-refractivity contribution >= 4 is 0 Å². The smallest absolute Gasteiger partial charge is 0.0359 e. The fourth-order valence-corrected chi connectivity index (χ4v) is 4.33. The second-order valence-corrected chi connectivity index (χ2v) is 6.45. The molecule has 2 rings (SSSR count). The molecular formula is C15H31N3. The van der Waals surface area contributed by atoms with Crippen LogP contribution in [0.1, 0.15) is 45.4 Å². The third-order valence-corrected chi connectivity index (χ3v) is 5.71. The highest BCUT2D eigenvalue weighted by Gasteiger charge is 2.46. The van der Waals surface area contributed by atoms with Crippen molar-refractivity contribution < 1.29 is 0 Å². The van der Waals surface area contributed by atoms with Crippen LogP contribution in [-0.4, -0.2) is 55.1 Å². The summed E-state index contributed by atoms with van der Waals surface area (Å²) in [6.07, 6.45) is 7.96. The second-order valence-electron chi connectivity index (χ2n) is 6.45. The van der Waals surface area contributed by atoms with Crippen molar-refractivity contribution in [2.75, 3.05) is 33.7 Å². The lowest BCUT2D eigenvalue weighted by Gasteiger charge is -2.48. The maximum atomic E-state index is 6.22. The molecule has 106 valence electrons. The molecule has 1 aliphatic heterocycles. The lowest BCUT2D eigenvalue weighted by molar-refractivity contribution is 0.0168. The minimum atomic E-state index is 0.301. The van der Waals surface area contributed by atoms with E-state index >= 15 is 0 Å². The monoisotopic (exact) mass is 253 g/mol. The van der Waals surface area contributed by atoms with Crippen LogP contribution in [0, 0.1) is 5.92 Å². The van der Waals surface area contributed by atoms with Gasteiger partial charge in [-0.15, -0.1) is 0 Å². The van der Waals surface area contributed by atoms with Gasteiger partial charge < -0.3 is 10.6 Å². The van der Waals surface area contributed by atoms with E-state index in [0.717, 1.165) is 18.5 Å². The summed E-state index contributed by atoms with van der Waals surface area (Å²) >= 11 is 0. The van der Waals surface area contributed by atoms with Crippen LogP contribution in [0.5, 0.6) is 0 Å². The largest absolute Gasteiger partial charge is 0.329 e. The number of rotatable bonds is 4. The van der Waals surface area contributed by atoms with E-state index in [1.165, 1.54) is 51.6 Å². The highest BCUT2D eigenvalue weighted by molar-refractivity contribution is 5.02. The second kappa shape index (κ2) is 5.89. The van der Waals surface area contributed by atoms with Crippen LogP contribution >= 0.6 is 0 Å². The zero-order valence-electron chi connectivity index (χ0n) is 12.5. The number of hydrogen-bond donors (Lipinski definition) is 1. The Bertz CT molecular complexity index is 260. The van der Waals surface area contributed by atoms with E-state index in [-0.39, 0.29) is 0 Å². The molecule has 3 heteroatoms. The highest BCUT2D eigenvalue weighted by Crippen LogP contribution is 2.42. The van der Waals surface area contributed by atoms with Crippen LogP contribution in [0.15, 0.2) is 0 Å². The minimum absolute atomic E-state index is 0.301. The maximum absolute atomic E-state index is 6.22. The van der Waals surface area contributed by atoms with E-state index in [0.29, 0.717) is 5.54 Å². The molecule has 18 heavy (non-hydrogen) atoms. The standard InChI is InChI=1S/C15H31N3/c1-4-13-6-5-9-15(13,12-16)18(3)14-7-10-17(2)11-8-14/h13-14H,4-12,16H2,1-3H3. The lowest BCUT2D eigenvalue weighted by Crippen LogP contribution is -2.59. The molecule has 0 spiro atoms. The Morgan fingerprint density at radius 1 is 1.28 bits per heavy atom. The van der Waals surface area contributed by atoms with Gasteiger partial charge in [-0.1, -0.05) is 19.8 Å². The van der Waals surface area contributed by atoms with Crippen LogP contribution in [0.2, 0.25) is 0 Å². The number of nitrogens with zero attached hydrogens (tertiary/aromatic N) is 2. The molecule has 1 saturated carbocycles. The molecule has 0 aromatic rings. The molecule has 0 bridgehead atoms. The summed E-state index contributed by atoms with van der Waals surface area (Å²) in [5, 5.41) is 0. The molecule has 2 aliphatic rings. The number of likely N-dealkylation sites (N-methyl/N-ethyl adjacent to an activating group) is 1. The van der Waals surface area contributed by atoms with Gasteiger partial charge in [0.15, 0.2) is 0 Å². The fourth-order valence-electron chi connectivity index (χ4n) is 4.33. The molecule has 2 unspecified atom stereocenters. The van der Waals surface area contributed by atoms with Gasteiger partial charge in [0.25, 0.3) is 0 Å². The molecule has 0 radical (unpaired) electrons. The van der Waals surface area contributed by atoms with Gasteiger partial charge in [-0.3, -0.25) is 4.90 Å². The molecule has 2 fully saturated rings. The Balaban J connectivity index is 2.07. The molecule has 2 atom stereocenters. The summed E-state index contributed by atoms with van der Waals surface area (Å²) in [5.41, 5.74) is 6.52. The predicted molar refractivity (Wildman–Crippen MR) is 77.7 cm³/mol. The third-order valence-electron chi connectivity index (χ3n) is 5.71. The van der Waals surface area contributed by atoms with Crippen LogP contribution in [0.4, 0.5) is 0 Å². The van der Waals surface area contributed by atoms with Gasteiger partial charge >= 0.3 is 0 Å². The van der Waals surface area contributed by atoms with Gasteiger partial charge in [0.05, 0.1) is 0 Å². The Labute approximate surface area is 113 Å². The van der Waals surface area contributed by atoms with Gasteiger partial charge in [-0.25, -0.2) is 0 Å². The topological polar surface area (TPSA) is 32.5 Å². The zero-order chi connectivity index (χ0) is 13.2. The molecule has 3 nitrogen and oxygen atoms in total. The average molecular weight is 253 g/mol. The Morgan fingerprint density at radius 3 is 2.50 bits per heavy atom. The summed E-state index contributed by atoms with van der Waals surface area (Å²) in [6.45, 7) is 5.66. The molecule has 0 aromatic heterocycles. The summed E-state index contributed by atoms with van der Waals surface area (Å²) in [6, 6.07) is 0.747. The van der Waals surface area contributed by atoms with E-state index in [1.807, 2.05) is 0 Å².